The van der Waals surface area contributed by atoms with Crippen molar-refractivity contribution in [3.8, 4) is 0 Å². The first-order valence-electron chi connectivity index (χ1n) is 9.63. The van der Waals surface area contributed by atoms with Gasteiger partial charge in [-0.1, -0.05) is 19.1 Å². The van der Waals surface area contributed by atoms with Crippen molar-refractivity contribution in [2.24, 2.45) is 22.7 Å². The zero-order valence-electron chi connectivity index (χ0n) is 16.0. The molecule has 1 spiro atoms. The minimum Gasteiger partial charge on any atom is -0.460 e. The van der Waals surface area contributed by atoms with Crippen molar-refractivity contribution in [1.29, 1.82) is 0 Å². The second-order valence-corrected chi connectivity index (χ2v) is 9.38. The molecule has 9 heteroatoms. The van der Waals surface area contributed by atoms with E-state index in [1.54, 1.807) is 13.8 Å². The molecule has 2 bridgehead atoms. The number of aliphatic hydroxyl groups excluding tert-OH is 3. The van der Waals surface area contributed by atoms with E-state index in [9.17, 15) is 35.1 Å². The number of aliphatic hydroxyl groups is 5. The largest absolute Gasteiger partial charge is 0.460 e. The van der Waals surface area contributed by atoms with Crippen LogP contribution in [0.2, 0.25) is 0 Å². The van der Waals surface area contributed by atoms with Gasteiger partial charge in [-0.25, -0.2) is 4.79 Å². The molecule has 4 fully saturated rings. The summed E-state index contributed by atoms with van der Waals surface area (Å²) >= 11 is 0. The molecule has 0 aromatic carbocycles. The molecule has 5 N–H and O–H groups in total. The van der Waals surface area contributed by atoms with E-state index in [1.807, 2.05) is 0 Å². The number of rotatable bonds is 0. The molecule has 3 unspecified atom stereocenters. The maximum absolute atomic E-state index is 12.5. The Morgan fingerprint density at radius 1 is 1.14 bits per heavy atom. The Morgan fingerprint density at radius 2 is 1.79 bits per heavy atom. The van der Waals surface area contributed by atoms with Gasteiger partial charge in [-0.3, -0.25) is 4.79 Å². The maximum atomic E-state index is 12.5. The van der Waals surface area contributed by atoms with Gasteiger partial charge in [0, 0.05) is 11.3 Å². The smallest absolute Gasteiger partial charge is 0.338 e. The SMILES string of the molecule is C=C1[C@@H](O)C2(O)OC[C@]34C2[C@]2(C)C(C[C@H]3OC(=O)[C@H](O)[C@@]14O)C(C)=CC(=O)[C@H]2O. The third-order valence-electron chi connectivity index (χ3n) is 8.44. The van der Waals surface area contributed by atoms with Crippen LogP contribution in [0, 0.1) is 22.7 Å². The Kier molecular flexibility index (Phi) is 3.44. The summed E-state index contributed by atoms with van der Waals surface area (Å²) in [5, 5.41) is 55.7. The predicted molar refractivity (Wildman–Crippen MR) is 93.8 cm³/mol. The molecule has 3 aliphatic carbocycles. The molecule has 158 valence electrons. The average molecular weight is 408 g/mol. The monoisotopic (exact) mass is 408 g/mol. The quantitative estimate of drug-likeness (QED) is 0.230. The van der Waals surface area contributed by atoms with Crippen molar-refractivity contribution in [3.05, 3.63) is 23.8 Å². The first kappa shape index (κ1) is 19.3. The Labute approximate surface area is 166 Å². The predicted octanol–water partition coefficient (Wildman–Crippen LogP) is -1.83. The Bertz CT molecular complexity index is 896. The van der Waals surface area contributed by atoms with E-state index in [0.717, 1.165) is 0 Å². The average Bonchev–Trinajstić information content (AvgIpc) is 2.98. The summed E-state index contributed by atoms with van der Waals surface area (Å²) in [4.78, 5) is 25.0. The van der Waals surface area contributed by atoms with Crippen LogP contribution in [0.5, 0.6) is 0 Å². The van der Waals surface area contributed by atoms with Crippen LogP contribution in [-0.4, -0.2) is 79.7 Å². The highest BCUT2D eigenvalue weighted by atomic mass is 16.7. The zero-order chi connectivity index (χ0) is 21.3. The lowest BCUT2D eigenvalue weighted by Crippen LogP contribution is -2.82. The topological polar surface area (TPSA) is 154 Å². The van der Waals surface area contributed by atoms with Crippen molar-refractivity contribution in [3.63, 3.8) is 0 Å². The lowest BCUT2D eigenvalue weighted by atomic mass is 9.37. The first-order valence-corrected chi connectivity index (χ1v) is 9.63. The fourth-order valence-corrected chi connectivity index (χ4v) is 7.19. The molecule has 0 amide bonds. The van der Waals surface area contributed by atoms with Crippen LogP contribution in [-0.2, 0) is 19.1 Å². The van der Waals surface area contributed by atoms with E-state index in [2.05, 4.69) is 6.58 Å². The number of carbonyl (C=O) groups is 2. The Hall–Kier alpha value is -1.62. The van der Waals surface area contributed by atoms with E-state index in [-0.39, 0.29) is 18.6 Å². The fraction of sp³-hybridized carbons (Fsp3) is 0.700. The summed E-state index contributed by atoms with van der Waals surface area (Å²) in [7, 11) is 0. The van der Waals surface area contributed by atoms with Crippen LogP contribution in [0.15, 0.2) is 23.8 Å². The molecule has 2 heterocycles. The van der Waals surface area contributed by atoms with Crippen LogP contribution in [0.4, 0.5) is 0 Å². The van der Waals surface area contributed by atoms with Crippen LogP contribution in [0.1, 0.15) is 20.3 Å². The third-order valence-corrected chi connectivity index (χ3v) is 8.44. The first-order chi connectivity index (χ1) is 13.4. The minimum atomic E-state index is -2.37. The summed E-state index contributed by atoms with van der Waals surface area (Å²) in [6, 6.07) is 0. The number of ether oxygens (including phenoxy) is 2. The molecule has 2 saturated carbocycles. The molecule has 10 atom stereocenters. The molecular formula is C20H24O9. The van der Waals surface area contributed by atoms with Gasteiger partial charge in [0.2, 0.25) is 5.79 Å². The standard InChI is InChI=1S/C20H24O9/c1-7-4-10(21)13(23)17(3)9(7)5-11-18-6-28-20(27,16(17)18)12(22)8(2)19(18,26)14(24)15(25)29-11/h4,9,11-14,16,22-24,26-27H,2,5-6H2,1,3H3/t9?,11-,12-,13-,14+,16?,17-,18-,19+,20?/m1/s1. The van der Waals surface area contributed by atoms with Crippen LogP contribution < -0.4 is 0 Å². The van der Waals surface area contributed by atoms with Crippen LogP contribution in [0.25, 0.3) is 0 Å². The number of hydrogen-bond acceptors (Lipinski definition) is 9. The zero-order valence-corrected chi connectivity index (χ0v) is 16.0. The van der Waals surface area contributed by atoms with Gasteiger partial charge in [-0.2, -0.15) is 0 Å². The lowest BCUT2D eigenvalue weighted by molar-refractivity contribution is -0.337. The highest BCUT2D eigenvalue weighted by Gasteiger charge is 2.87. The lowest BCUT2D eigenvalue weighted by Gasteiger charge is -2.69. The number of fused-ring (bicyclic) bond motifs is 1. The van der Waals surface area contributed by atoms with Gasteiger partial charge in [-0.05, 0) is 30.9 Å². The summed E-state index contributed by atoms with van der Waals surface area (Å²) in [6.45, 7) is 6.62. The van der Waals surface area contributed by atoms with Gasteiger partial charge in [0.15, 0.2) is 11.9 Å². The summed E-state index contributed by atoms with van der Waals surface area (Å²) < 4.78 is 11.1. The molecule has 0 aromatic heterocycles. The second kappa shape index (κ2) is 5.16. The van der Waals surface area contributed by atoms with Crippen molar-refractivity contribution < 1.29 is 44.6 Å². The molecule has 2 aliphatic heterocycles. The maximum Gasteiger partial charge on any atom is 0.338 e. The molecule has 0 radical (unpaired) electrons. The third kappa shape index (κ3) is 1.69. The van der Waals surface area contributed by atoms with E-state index in [4.69, 9.17) is 9.47 Å². The second-order valence-electron chi connectivity index (χ2n) is 9.38. The number of carbonyl (C=O) groups excluding carboxylic acids is 2. The van der Waals surface area contributed by atoms with Gasteiger partial charge in [0.1, 0.15) is 23.9 Å². The normalized spacial score (nSPS) is 58.3. The highest BCUT2D eigenvalue weighted by molar-refractivity contribution is 5.96. The van der Waals surface area contributed by atoms with Gasteiger partial charge >= 0.3 is 5.97 Å². The highest BCUT2D eigenvalue weighted by Crippen LogP contribution is 2.74. The van der Waals surface area contributed by atoms with Gasteiger partial charge in [-0.15, -0.1) is 0 Å². The van der Waals surface area contributed by atoms with E-state index >= 15 is 0 Å². The number of hydrogen-bond donors (Lipinski definition) is 5. The molecule has 5 aliphatic rings. The van der Waals surface area contributed by atoms with Crippen molar-refractivity contribution in [2.75, 3.05) is 6.61 Å². The van der Waals surface area contributed by atoms with Crippen LogP contribution in [0.3, 0.4) is 0 Å². The Balaban J connectivity index is 1.85. The number of ketones is 1. The van der Waals surface area contributed by atoms with E-state index in [1.165, 1.54) is 6.08 Å². The Morgan fingerprint density at radius 3 is 2.45 bits per heavy atom. The van der Waals surface area contributed by atoms with E-state index < -0.39 is 70.2 Å². The van der Waals surface area contributed by atoms with Crippen molar-refractivity contribution >= 4 is 11.8 Å². The molecule has 0 aromatic rings. The summed E-state index contributed by atoms with van der Waals surface area (Å²) in [6.07, 6.45) is -5.01. The summed E-state index contributed by atoms with van der Waals surface area (Å²) in [5.74, 6) is -5.66. The molecule has 29 heavy (non-hydrogen) atoms. The molecule has 2 saturated heterocycles. The van der Waals surface area contributed by atoms with Crippen molar-refractivity contribution in [2.45, 2.75) is 56.1 Å². The fourth-order valence-electron chi connectivity index (χ4n) is 7.19. The van der Waals surface area contributed by atoms with Crippen molar-refractivity contribution in [1.82, 2.24) is 0 Å². The minimum absolute atomic E-state index is 0.142. The number of allylic oxidation sites excluding steroid dienone is 1. The summed E-state index contributed by atoms with van der Waals surface area (Å²) in [5.41, 5.74) is -5.06. The van der Waals surface area contributed by atoms with Gasteiger partial charge < -0.3 is 35.0 Å². The number of esters is 1. The molecular weight excluding hydrogens is 384 g/mol. The van der Waals surface area contributed by atoms with Gasteiger partial charge in [0.05, 0.1) is 12.0 Å². The molecule has 9 nitrogen and oxygen atoms in total. The van der Waals surface area contributed by atoms with E-state index in [0.29, 0.717) is 5.57 Å². The van der Waals surface area contributed by atoms with Crippen LogP contribution >= 0.6 is 0 Å². The van der Waals surface area contributed by atoms with Gasteiger partial charge in [0.25, 0.3) is 0 Å². The molecule has 5 rings (SSSR count).